The van der Waals surface area contributed by atoms with Gasteiger partial charge in [-0.25, -0.2) is 4.99 Å². The van der Waals surface area contributed by atoms with Crippen molar-refractivity contribution in [2.75, 3.05) is 19.7 Å². The number of guanidine groups is 1. The third kappa shape index (κ3) is 9.12. The van der Waals surface area contributed by atoms with Gasteiger partial charge in [0.2, 0.25) is 0 Å². The summed E-state index contributed by atoms with van der Waals surface area (Å²) in [5, 5.41) is 6.55. The first-order valence-corrected chi connectivity index (χ1v) is 7.89. The molecule has 0 aliphatic rings. The van der Waals surface area contributed by atoms with Gasteiger partial charge in [0.1, 0.15) is 5.75 Å². The number of rotatable bonds is 8. The summed E-state index contributed by atoms with van der Waals surface area (Å²) in [7, 11) is 0. The maximum absolute atomic E-state index is 5.75. The molecule has 0 atom stereocenters. The fraction of sp³-hybridized carbons (Fsp3) is 0.588. The normalized spacial score (nSPS) is 11.0. The quantitative estimate of drug-likeness (QED) is 0.383. The molecular formula is C17H30IN3O. The highest BCUT2D eigenvalue weighted by Crippen LogP contribution is 2.15. The standard InChI is InChI=1S/C17H29N3O.HI/c1-5-10-19-17(18-6-2)20-12-15-8-7-9-16(11-15)21-13-14(3)4;/h7-9,11,14H,5-6,10,12-13H2,1-4H3,(H2,18,19,20);1H. The second-order valence-electron chi connectivity index (χ2n) is 5.47. The topological polar surface area (TPSA) is 45.7 Å². The Morgan fingerprint density at radius 1 is 1.23 bits per heavy atom. The molecule has 1 aromatic carbocycles. The van der Waals surface area contributed by atoms with Crippen LogP contribution in [0.15, 0.2) is 29.3 Å². The molecule has 0 spiro atoms. The van der Waals surface area contributed by atoms with E-state index in [1.54, 1.807) is 0 Å². The molecule has 0 bridgehead atoms. The lowest BCUT2D eigenvalue weighted by Crippen LogP contribution is -2.37. The minimum atomic E-state index is 0. The van der Waals surface area contributed by atoms with Crippen molar-refractivity contribution in [1.82, 2.24) is 10.6 Å². The predicted octanol–water partition coefficient (Wildman–Crippen LogP) is 3.80. The van der Waals surface area contributed by atoms with Crippen molar-refractivity contribution in [3.63, 3.8) is 0 Å². The van der Waals surface area contributed by atoms with Crippen molar-refractivity contribution < 1.29 is 4.74 Å². The third-order valence-electron chi connectivity index (χ3n) is 2.79. The molecule has 126 valence electrons. The Hall–Kier alpha value is -0.980. The monoisotopic (exact) mass is 419 g/mol. The van der Waals surface area contributed by atoms with Crippen molar-refractivity contribution in [2.45, 2.75) is 40.7 Å². The molecule has 5 heteroatoms. The van der Waals surface area contributed by atoms with E-state index < -0.39 is 0 Å². The van der Waals surface area contributed by atoms with Gasteiger partial charge in [0, 0.05) is 13.1 Å². The van der Waals surface area contributed by atoms with E-state index in [1.165, 1.54) is 0 Å². The van der Waals surface area contributed by atoms with Crippen LogP contribution in [0.2, 0.25) is 0 Å². The fourth-order valence-corrected chi connectivity index (χ4v) is 1.75. The van der Waals surface area contributed by atoms with Gasteiger partial charge in [-0.05, 0) is 37.0 Å². The molecule has 0 heterocycles. The van der Waals surface area contributed by atoms with Crippen LogP contribution >= 0.6 is 24.0 Å². The van der Waals surface area contributed by atoms with Crippen molar-refractivity contribution >= 4 is 29.9 Å². The maximum atomic E-state index is 5.75. The molecule has 1 rings (SSSR count). The molecule has 0 saturated carbocycles. The zero-order chi connectivity index (χ0) is 15.5. The van der Waals surface area contributed by atoms with Gasteiger partial charge in [-0.15, -0.1) is 24.0 Å². The fourth-order valence-electron chi connectivity index (χ4n) is 1.75. The van der Waals surface area contributed by atoms with Crippen LogP contribution in [-0.2, 0) is 6.54 Å². The lowest BCUT2D eigenvalue weighted by molar-refractivity contribution is 0.271. The Bertz CT molecular complexity index is 436. The van der Waals surface area contributed by atoms with Gasteiger partial charge in [0.15, 0.2) is 5.96 Å². The molecule has 22 heavy (non-hydrogen) atoms. The smallest absolute Gasteiger partial charge is 0.191 e. The zero-order valence-electron chi connectivity index (χ0n) is 14.2. The second-order valence-corrected chi connectivity index (χ2v) is 5.47. The van der Waals surface area contributed by atoms with Crippen LogP contribution in [0, 0.1) is 5.92 Å². The largest absolute Gasteiger partial charge is 0.493 e. The number of halogens is 1. The summed E-state index contributed by atoms with van der Waals surface area (Å²) >= 11 is 0. The van der Waals surface area contributed by atoms with Gasteiger partial charge in [-0.1, -0.05) is 32.9 Å². The van der Waals surface area contributed by atoms with Crippen LogP contribution in [0.4, 0.5) is 0 Å². The van der Waals surface area contributed by atoms with Crippen molar-refractivity contribution in [3.8, 4) is 5.75 Å². The average Bonchev–Trinajstić information content (AvgIpc) is 2.48. The van der Waals surface area contributed by atoms with Crippen LogP contribution in [0.1, 0.15) is 39.7 Å². The lowest BCUT2D eigenvalue weighted by atomic mass is 10.2. The second kappa shape index (κ2) is 12.6. The number of nitrogens with zero attached hydrogens (tertiary/aromatic N) is 1. The molecule has 0 fully saturated rings. The predicted molar refractivity (Wildman–Crippen MR) is 105 cm³/mol. The molecule has 4 nitrogen and oxygen atoms in total. The van der Waals surface area contributed by atoms with Crippen molar-refractivity contribution in [3.05, 3.63) is 29.8 Å². The zero-order valence-corrected chi connectivity index (χ0v) is 16.5. The highest BCUT2D eigenvalue weighted by molar-refractivity contribution is 14.0. The van der Waals surface area contributed by atoms with Crippen LogP contribution in [0.5, 0.6) is 5.75 Å². The third-order valence-corrected chi connectivity index (χ3v) is 2.79. The number of ether oxygens (including phenoxy) is 1. The van der Waals surface area contributed by atoms with Gasteiger partial charge in [-0.2, -0.15) is 0 Å². The number of benzene rings is 1. The van der Waals surface area contributed by atoms with Crippen molar-refractivity contribution in [1.29, 1.82) is 0 Å². The molecule has 0 aliphatic heterocycles. The van der Waals surface area contributed by atoms with Gasteiger partial charge in [0.05, 0.1) is 13.2 Å². The van der Waals surface area contributed by atoms with E-state index in [2.05, 4.69) is 55.5 Å². The van der Waals surface area contributed by atoms with Crippen LogP contribution < -0.4 is 15.4 Å². The van der Waals surface area contributed by atoms with E-state index in [1.807, 2.05) is 12.1 Å². The first-order valence-electron chi connectivity index (χ1n) is 7.89. The number of hydrogen-bond acceptors (Lipinski definition) is 2. The molecule has 0 radical (unpaired) electrons. The summed E-state index contributed by atoms with van der Waals surface area (Å²) in [5.74, 6) is 2.32. The molecule has 0 unspecified atom stereocenters. The van der Waals surface area contributed by atoms with E-state index in [9.17, 15) is 0 Å². The van der Waals surface area contributed by atoms with Gasteiger partial charge >= 0.3 is 0 Å². The maximum Gasteiger partial charge on any atom is 0.191 e. The SMILES string of the molecule is CCCNC(=NCc1cccc(OCC(C)C)c1)NCC.I. The molecule has 0 saturated heterocycles. The number of aliphatic imine (C=N–C) groups is 1. The van der Waals surface area contributed by atoms with E-state index in [0.29, 0.717) is 12.5 Å². The summed E-state index contributed by atoms with van der Waals surface area (Å²) in [4.78, 5) is 4.60. The molecule has 1 aromatic rings. The minimum absolute atomic E-state index is 0. The summed E-state index contributed by atoms with van der Waals surface area (Å²) in [6, 6.07) is 8.16. The summed E-state index contributed by atoms with van der Waals surface area (Å²) < 4.78 is 5.75. The van der Waals surface area contributed by atoms with E-state index >= 15 is 0 Å². The highest BCUT2D eigenvalue weighted by atomic mass is 127. The number of nitrogens with one attached hydrogen (secondary N) is 2. The van der Waals surface area contributed by atoms with Crippen molar-refractivity contribution in [2.24, 2.45) is 10.9 Å². The van der Waals surface area contributed by atoms with Crippen LogP contribution in [0.25, 0.3) is 0 Å². The molecule has 2 N–H and O–H groups in total. The van der Waals surface area contributed by atoms with Crippen LogP contribution in [0.3, 0.4) is 0 Å². The van der Waals surface area contributed by atoms with E-state index in [-0.39, 0.29) is 24.0 Å². The lowest BCUT2D eigenvalue weighted by Gasteiger charge is -2.11. The molecular weight excluding hydrogens is 389 g/mol. The number of hydrogen-bond donors (Lipinski definition) is 2. The Morgan fingerprint density at radius 2 is 2.00 bits per heavy atom. The summed E-state index contributed by atoms with van der Waals surface area (Å²) in [6.45, 7) is 11.7. The van der Waals surface area contributed by atoms with Crippen LogP contribution in [-0.4, -0.2) is 25.7 Å². The summed E-state index contributed by atoms with van der Waals surface area (Å²) in [6.07, 6.45) is 1.09. The van der Waals surface area contributed by atoms with Gasteiger partial charge in [-0.3, -0.25) is 0 Å². The minimum Gasteiger partial charge on any atom is -0.493 e. The van der Waals surface area contributed by atoms with E-state index in [0.717, 1.165) is 43.4 Å². The molecule has 0 amide bonds. The van der Waals surface area contributed by atoms with E-state index in [4.69, 9.17) is 4.74 Å². The first-order chi connectivity index (χ1) is 10.2. The van der Waals surface area contributed by atoms with Gasteiger partial charge < -0.3 is 15.4 Å². The Labute approximate surface area is 152 Å². The summed E-state index contributed by atoms with van der Waals surface area (Å²) in [5.41, 5.74) is 1.16. The molecule has 0 aliphatic carbocycles. The Balaban J connectivity index is 0.00000441. The Kier molecular flexibility index (Phi) is 12.0. The highest BCUT2D eigenvalue weighted by Gasteiger charge is 2.00. The molecule has 0 aromatic heterocycles. The average molecular weight is 419 g/mol. The Morgan fingerprint density at radius 3 is 2.64 bits per heavy atom. The first kappa shape index (κ1) is 21.0. The van der Waals surface area contributed by atoms with Gasteiger partial charge in [0.25, 0.3) is 0 Å².